The molecule has 0 N–H and O–H groups in total. The van der Waals surface area contributed by atoms with E-state index in [1.54, 1.807) is 24.5 Å². The predicted octanol–water partition coefficient (Wildman–Crippen LogP) is 3.37. The van der Waals surface area contributed by atoms with Crippen LogP contribution in [0.2, 0.25) is 0 Å². The molecule has 0 fully saturated rings. The van der Waals surface area contributed by atoms with Crippen LogP contribution >= 0.6 is 0 Å². The molecule has 0 radical (unpaired) electrons. The largest absolute Gasteiger partial charge is 0.329 e. The molecule has 0 aliphatic carbocycles. The Bertz CT molecular complexity index is 810. The highest BCUT2D eigenvalue weighted by molar-refractivity contribution is 5.52. The zero-order chi connectivity index (χ0) is 15.4. The van der Waals surface area contributed by atoms with Crippen LogP contribution in [0.15, 0.2) is 55.0 Å². The number of pyridine rings is 1. The van der Waals surface area contributed by atoms with Crippen molar-refractivity contribution in [2.24, 2.45) is 0 Å². The fourth-order valence-corrected chi connectivity index (χ4v) is 2.35. The number of aryl methyl sites for hydroxylation is 3. The summed E-state index contributed by atoms with van der Waals surface area (Å²) >= 11 is 0. The molecule has 0 saturated heterocycles. The van der Waals surface area contributed by atoms with Crippen LogP contribution in [-0.4, -0.2) is 14.5 Å². The summed E-state index contributed by atoms with van der Waals surface area (Å²) in [7, 11) is 0. The maximum atomic E-state index is 9.00. The maximum absolute atomic E-state index is 9.00. The minimum atomic E-state index is 0.595. The summed E-state index contributed by atoms with van der Waals surface area (Å²) in [5.41, 5.74) is 3.89. The molecule has 2 aromatic heterocycles. The van der Waals surface area contributed by atoms with E-state index in [2.05, 4.69) is 51.8 Å². The van der Waals surface area contributed by atoms with Crippen LogP contribution < -0.4 is 0 Å². The van der Waals surface area contributed by atoms with E-state index in [9.17, 15) is 0 Å². The first kappa shape index (κ1) is 14.0. The third-order valence-corrected chi connectivity index (χ3v) is 3.60. The Balaban J connectivity index is 1.80. The maximum Gasteiger partial charge on any atom is 0.158 e. The number of nitrogens with zero attached hydrogens (tertiary/aromatic N) is 4. The number of imidazole rings is 1. The van der Waals surface area contributed by atoms with Gasteiger partial charge in [-0.05, 0) is 31.0 Å². The lowest BCUT2D eigenvalue weighted by atomic mass is 10.1. The van der Waals surface area contributed by atoms with E-state index < -0.39 is 0 Å². The minimum absolute atomic E-state index is 0.595. The van der Waals surface area contributed by atoms with Gasteiger partial charge in [-0.3, -0.25) is 4.98 Å². The summed E-state index contributed by atoms with van der Waals surface area (Å²) < 4.78 is 2.07. The number of nitriles is 1. The molecular formula is C18H16N4. The van der Waals surface area contributed by atoms with E-state index in [4.69, 9.17) is 5.26 Å². The van der Waals surface area contributed by atoms with Gasteiger partial charge >= 0.3 is 0 Å². The van der Waals surface area contributed by atoms with Gasteiger partial charge in [0.15, 0.2) is 5.82 Å². The van der Waals surface area contributed by atoms with Gasteiger partial charge < -0.3 is 4.57 Å². The molecule has 0 bridgehead atoms. The lowest BCUT2D eigenvalue weighted by Gasteiger charge is -2.08. The van der Waals surface area contributed by atoms with E-state index in [1.807, 2.05) is 6.20 Å². The fraction of sp³-hybridized carbons (Fsp3) is 0.167. The molecule has 0 spiro atoms. The average Bonchev–Trinajstić information content (AvgIpc) is 3.03. The van der Waals surface area contributed by atoms with Crippen LogP contribution in [0.4, 0.5) is 0 Å². The van der Waals surface area contributed by atoms with Gasteiger partial charge in [0.1, 0.15) is 5.69 Å². The van der Waals surface area contributed by atoms with Crippen LogP contribution in [-0.2, 0) is 13.0 Å². The second-order valence-corrected chi connectivity index (χ2v) is 5.22. The van der Waals surface area contributed by atoms with Crippen molar-refractivity contribution in [1.29, 1.82) is 5.26 Å². The molecule has 0 saturated carbocycles. The molecule has 0 aliphatic heterocycles. The SMILES string of the molecule is Cc1ccc(CCn2ccnc2-c2cc(C#N)ccn2)cc1. The molecule has 0 amide bonds. The lowest BCUT2D eigenvalue weighted by Crippen LogP contribution is -2.03. The first-order chi connectivity index (χ1) is 10.8. The Morgan fingerprint density at radius 2 is 1.91 bits per heavy atom. The highest BCUT2D eigenvalue weighted by atomic mass is 15.1. The van der Waals surface area contributed by atoms with Gasteiger partial charge in [0.25, 0.3) is 0 Å². The second-order valence-electron chi connectivity index (χ2n) is 5.22. The lowest BCUT2D eigenvalue weighted by molar-refractivity contribution is 0.701. The standard InChI is InChI=1S/C18H16N4/c1-14-2-4-15(5-3-14)7-10-22-11-9-21-18(22)17-12-16(13-19)6-8-20-17/h2-6,8-9,11-12H,7,10H2,1H3. The summed E-state index contributed by atoms with van der Waals surface area (Å²) in [4.78, 5) is 8.70. The molecular weight excluding hydrogens is 272 g/mol. The van der Waals surface area contributed by atoms with Crippen molar-refractivity contribution in [3.8, 4) is 17.6 Å². The van der Waals surface area contributed by atoms with E-state index in [-0.39, 0.29) is 0 Å². The Labute approximate surface area is 129 Å². The summed E-state index contributed by atoms with van der Waals surface area (Å²) in [6.45, 7) is 2.92. The summed E-state index contributed by atoms with van der Waals surface area (Å²) in [6.07, 6.45) is 6.30. The minimum Gasteiger partial charge on any atom is -0.329 e. The fourth-order valence-electron chi connectivity index (χ4n) is 2.35. The molecule has 4 nitrogen and oxygen atoms in total. The van der Waals surface area contributed by atoms with Gasteiger partial charge in [-0.15, -0.1) is 0 Å². The van der Waals surface area contributed by atoms with E-state index >= 15 is 0 Å². The summed E-state index contributed by atoms with van der Waals surface area (Å²) in [6, 6.07) is 14.2. The zero-order valence-corrected chi connectivity index (χ0v) is 12.4. The van der Waals surface area contributed by atoms with Gasteiger partial charge in [-0.1, -0.05) is 29.8 Å². The van der Waals surface area contributed by atoms with Gasteiger partial charge in [0.2, 0.25) is 0 Å². The van der Waals surface area contributed by atoms with Gasteiger partial charge in [0.05, 0.1) is 11.6 Å². The molecule has 108 valence electrons. The Morgan fingerprint density at radius 3 is 2.68 bits per heavy atom. The van der Waals surface area contributed by atoms with Crippen LogP contribution in [0.25, 0.3) is 11.5 Å². The van der Waals surface area contributed by atoms with Crippen LogP contribution in [0.1, 0.15) is 16.7 Å². The van der Waals surface area contributed by atoms with Crippen LogP contribution in [0.3, 0.4) is 0 Å². The van der Waals surface area contributed by atoms with E-state index in [0.717, 1.165) is 24.5 Å². The van der Waals surface area contributed by atoms with Gasteiger partial charge in [-0.25, -0.2) is 4.98 Å². The average molecular weight is 288 g/mol. The van der Waals surface area contributed by atoms with Crippen LogP contribution in [0, 0.1) is 18.3 Å². The Morgan fingerprint density at radius 1 is 1.09 bits per heavy atom. The second kappa shape index (κ2) is 6.23. The van der Waals surface area contributed by atoms with Crippen molar-refractivity contribution in [3.05, 3.63) is 71.7 Å². The zero-order valence-electron chi connectivity index (χ0n) is 12.4. The monoisotopic (exact) mass is 288 g/mol. The van der Waals surface area contributed by atoms with Crippen molar-refractivity contribution in [3.63, 3.8) is 0 Å². The third-order valence-electron chi connectivity index (χ3n) is 3.60. The molecule has 0 atom stereocenters. The number of rotatable bonds is 4. The molecule has 0 unspecified atom stereocenters. The molecule has 0 aliphatic rings. The quantitative estimate of drug-likeness (QED) is 0.739. The molecule has 3 aromatic rings. The highest BCUT2D eigenvalue weighted by Crippen LogP contribution is 2.16. The van der Waals surface area contributed by atoms with Crippen molar-refractivity contribution in [2.45, 2.75) is 19.9 Å². The normalized spacial score (nSPS) is 10.4. The smallest absolute Gasteiger partial charge is 0.158 e. The van der Waals surface area contributed by atoms with Gasteiger partial charge in [0, 0.05) is 25.1 Å². The molecule has 4 heteroatoms. The number of aromatic nitrogens is 3. The number of benzene rings is 1. The van der Waals surface area contributed by atoms with Crippen molar-refractivity contribution >= 4 is 0 Å². The summed E-state index contributed by atoms with van der Waals surface area (Å²) in [5, 5.41) is 9.00. The molecule has 22 heavy (non-hydrogen) atoms. The van der Waals surface area contributed by atoms with Crippen LogP contribution in [0.5, 0.6) is 0 Å². The topological polar surface area (TPSA) is 54.5 Å². The van der Waals surface area contributed by atoms with Gasteiger partial charge in [-0.2, -0.15) is 5.26 Å². The Kier molecular flexibility index (Phi) is 3.97. The summed E-state index contributed by atoms with van der Waals surface area (Å²) in [5.74, 6) is 0.796. The molecule has 1 aromatic carbocycles. The number of hydrogen-bond donors (Lipinski definition) is 0. The first-order valence-electron chi connectivity index (χ1n) is 7.19. The predicted molar refractivity (Wildman–Crippen MR) is 85.1 cm³/mol. The van der Waals surface area contributed by atoms with Crippen molar-refractivity contribution in [1.82, 2.24) is 14.5 Å². The van der Waals surface area contributed by atoms with E-state index in [0.29, 0.717) is 5.56 Å². The highest BCUT2D eigenvalue weighted by Gasteiger charge is 2.08. The van der Waals surface area contributed by atoms with Crippen molar-refractivity contribution < 1.29 is 0 Å². The van der Waals surface area contributed by atoms with E-state index in [1.165, 1.54) is 11.1 Å². The number of hydrogen-bond acceptors (Lipinski definition) is 3. The third kappa shape index (κ3) is 3.04. The molecule has 2 heterocycles. The first-order valence-corrected chi connectivity index (χ1v) is 7.19. The van der Waals surface area contributed by atoms with Crippen molar-refractivity contribution in [2.75, 3.05) is 0 Å². The molecule has 3 rings (SSSR count). The Hall–Kier alpha value is -2.93.